The van der Waals surface area contributed by atoms with Gasteiger partial charge in [-0.25, -0.2) is 0 Å². The average molecular weight is 548 g/mol. The zero-order valence-electron chi connectivity index (χ0n) is 20.1. The van der Waals surface area contributed by atoms with Crippen LogP contribution in [0.5, 0.6) is 5.75 Å². The number of rotatable bonds is 9. The number of aromatic nitrogens is 4. The Morgan fingerprint density at radius 2 is 2.00 bits per heavy atom. The Balaban J connectivity index is 1.36. The molecule has 5 aromatic rings. The number of hydrogen-bond acceptors (Lipinski definition) is 6. The van der Waals surface area contributed by atoms with Crippen molar-refractivity contribution in [2.45, 2.75) is 39.3 Å². The van der Waals surface area contributed by atoms with E-state index in [1.807, 2.05) is 55.6 Å². The number of hydrogen-bond donors (Lipinski definition) is 1. The van der Waals surface area contributed by atoms with Crippen molar-refractivity contribution in [3.8, 4) is 5.75 Å². The molecule has 5 rings (SSSR count). The number of fused-ring (bicyclic) bond motifs is 2. The van der Waals surface area contributed by atoms with Gasteiger partial charge in [-0.1, -0.05) is 55.0 Å². The lowest BCUT2D eigenvalue weighted by atomic mass is 10.0. The van der Waals surface area contributed by atoms with Crippen LogP contribution in [0.4, 0.5) is 0 Å². The number of aromatic amines is 1. The Hall–Kier alpha value is -3.72. The molecule has 36 heavy (non-hydrogen) atoms. The molecule has 0 fully saturated rings. The van der Waals surface area contributed by atoms with Gasteiger partial charge in [-0.05, 0) is 56.9 Å². The molecule has 0 atom stereocenters. The molecule has 9 heteroatoms. The van der Waals surface area contributed by atoms with E-state index in [0.717, 1.165) is 56.8 Å². The highest BCUT2D eigenvalue weighted by molar-refractivity contribution is 9.10. The molecule has 0 aliphatic heterocycles. The molecule has 2 heterocycles. The van der Waals surface area contributed by atoms with Gasteiger partial charge in [0.2, 0.25) is 5.82 Å². The van der Waals surface area contributed by atoms with Gasteiger partial charge in [-0.15, -0.1) is 10.2 Å². The van der Waals surface area contributed by atoms with Crippen molar-refractivity contribution in [2.75, 3.05) is 7.05 Å². The van der Waals surface area contributed by atoms with Crippen molar-refractivity contribution in [1.29, 1.82) is 0 Å². The fourth-order valence-corrected chi connectivity index (χ4v) is 4.91. The van der Waals surface area contributed by atoms with E-state index in [1.165, 1.54) is 0 Å². The number of carbonyl (C=O) groups excluding carboxylic acids is 1. The third-order valence-electron chi connectivity index (χ3n) is 6.14. The van der Waals surface area contributed by atoms with Gasteiger partial charge >= 0.3 is 0 Å². The Kier molecular flexibility index (Phi) is 6.99. The Morgan fingerprint density at radius 3 is 2.81 bits per heavy atom. The number of amides is 1. The average Bonchev–Trinajstić information content (AvgIpc) is 3.54. The zero-order valence-corrected chi connectivity index (χ0v) is 21.7. The fourth-order valence-electron chi connectivity index (χ4n) is 4.30. The van der Waals surface area contributed by atoms with Gasteiger partial charge in [-0.3, -0.25) is 4.79 Å². The number of nitrogens with zero attached hydrogens (tertiary/aromatic N) is 4. The van der Waals surface area contributed by atoms with Crippen LogP contribution in [-0.4, -0.2) is 38.5 Å². The Bertz CT molecular complexity index is 1510. The normalized spacial score (nSPS) is 11.3. The monoisotopic (exact) mass is 547 g/mol. The van der Waals surface area contributed by atoms with E-state index in [1.54, 1.807) is 4.90 Å². The second-order valence-electron chi connectivity index (χ2n) is 8.71. The molecule has 0 unspecified atom stereocenters. The second-order valence-corrected chi connectivity index (χ2v) is 9.50. The highest BCUT2D eigenvalue weighted by Crippen LogP contribution is 2.34. The van der Waals surface area contributed by atoms with Gasteiger partial charge in [0.05, 0.1) is 10.0 Å². The minimum Gasteiger partial charge on any atom is -0.484 e. The maximum atomic E-state index is 13.6. The summed E-state index contributed by atoms with van der Waals surface area (Å²) in [5.74, 6) is 1.91. The van der Waals surface area contributed by atoms with Crippen LogP contribution >= 0.6 is 15.9 Å². The lowest BCUT2D eigenvalue weighted by molar-refractivity contribution is 0.0784. The third-order valence-corrected chi connectivity index (χ3v) is 6.95. The van der Waals surface area contributed by atoms with Crippen LogP contribution in [0.15, 0.2) is 63.5 Å². The molecule has 0 saturated carbocycles. The van der Waals surface area contributed by atoms with Crippen LogP contribution < -0.4 is 4.74 Å². The summed E-state index contributed by atoms with van der Waals surface area (Å²) in [4.78, 5) is 15.3. The third kappa shape index (κ3) is 4.83. The minimum atomic E-state index is -0.0301. The van der Waals surface area contributed by atoms with E-state index in [9.17, 15) is 4.79 Å². The van der Waals surface area contributed by atoms with Crippen molar-refractivity contribution < 1.29 is 13.9 Å². The summed E-state index contributed by atoms with van der Waals surface area (Å²) in [6.07, 6.45) is 2.77. The molecule has 0 spiro atoms. The summed E-state index contributed by atoms with van der Waals surface area (Å²) < 4.78 is 12.8. The first-order valence-electron chi connectivity index (χ1n) is 11.9. The predicted molar refractivity (Wildman–Crippen MR) is 141 cm³/mol. The summed E-state index contributed by atoms with van der Waals surface area (Å²) in [5, 5.41) is 16.7. The second kappa shape index (κ2) is 10.5. The smallest absolute Gasteiger partial charge is 0.258 e. The Morgan fingerprint density at radius 1 is 1.14 bits per heavy atom. The van der Waals surface area contributed by atoms with Crippen molar-refractivity contribution >= 4 is 43.6 Å². The van der Waals surface area contributed by atoms with Crippen LogP contribution in [0.25, 0.3) is 21.7 Å². The quantitative estimate of drug-likeness (QED) is 0.241. The first kappa shape index (κ1) is 24.0. The van der Waals surface area contributed by atoms with Crippen LogP contribution in [0.3, 0.4) is 0 Å². The number of nitrogens with one attached hydrogen (secondary N) is 1. The maximum absolute atomic E-state index is 13.6. The molecule has 2 aromatic heterocycles. The number of para-hydroxylation sites is 1. The number of aryl methyl sites for hydroxylation is 1. The molecule has 1 amide bonds. The van der Waals surface area contributed by atoms with Crippen molar-refractivity contribution in [1.82, 2.24) is 25.5 Å². The standard InChI is InChI=1S/C27H26BrN5O3/c1-3-4-8-22-25(20-7-5-6-9-21(20)36-22)27(34)33(2)15-17-10-12-19-18(14-17)11-13-23(26(19)28)35-16-24-29-31-32-30-24/h5-7,9-14H,3-4,8,15-16H2,1-2H3,(H,29,30,31,32). The van der Waals surface area contributed by atoms with Crippen LogP contribution in [0, 0.1) is 0 Å². The number of tetrazole rings is 1. The highest BCUT2D eigenvalue weighted by Gasteiger charge is 2.23. The number of ether oxygens (including phenoxy) is 1. The predicted octanol–water partition coefficient (Wildman–Crippen LogP) is 6.06. The molecule has 184 valence electrons. The van der Waals surface area contributed by atoms with Gasteiger partial charge in [0, 0.05) is 25.4 Å². The van der Waals surface area contributed by atoms with E-state index < -0.39 is 0 Å². The fraction of sp³-hybridized carbons (Fsp3) is 0.259. The highest BCUT2D eigenvalue weighted by atomic mass is 79.9. The molecular weight excluding hydrogens is 522 g/mol. The van der Waals surface area contributed by atoms with Crippen molar-refractivity contribution in [2.24, 2.45) is 0 Å². The van der Waals surface area contributed by atoms with Crippen LogP contribution in [0.1, 0.15) is 47.3 Å². The minimum absolute atomic E-state index is 0.0301. The van der Waals surface area contributed by atoms with E-state index in [2.05, 4.69) is 49.5 Å². The van der Waals surface area contributed by atoms with E-state index in [4.69, 9.17) is 9.15 Å². The first-order valence-corrected chi connectivity index (χ1v) is 12.7. The lowest BCUT2D eigenvalue weighted by Gasteiger charge is -2.18. The topological polar surface area (TPSA) is 97.1 Å². The zero-order chi connectivity index (χ0) is 25.1. The molecular formula is C27H26BrN5O3. The number of halogens is 1. The first-order chi connectivity index (χ1) is 17.5. The van der Waals surface area contributed by atoms with Gasteiger partial charge in [0.1, 0.15) is 17.1 Å². The van der Waals surface area contributed by atoms with E-state index in [0.29, 0.717) is 23.7 Å². The summed E-state index contributed by atoms with van der Waals surface area (Å²) in [6.45, 7) is 2.83. The van der Waals surface area contributed by atoms with Gasteiger partial charge in [-0.2, -0.15) is 5.21 Å². The summed E-state index contributed by atoms with van der Waals surface area (Å²) in [6, 6.07) is 17.8. The molecule has 0 aliphatic rings. The van der Waals surface area contributed by atoms with Gasteiger partial charge in [0.25, 0.3) is 5.91 Å². The number of H-pyrrole nitrogens is 1. The molecule has 0 bridgehead atoms. The summed E-state index contributed by atoms with van der Waals surface area (Å²) >= 11 is 3.66. The number of unbranched alkanes of at least 4 members (excludes halogenated alkanes) is 1. The van der Waals surface area contributed by atoms with E-state index >= 15 is 0 Å². The SMILES string of the molecule is CCCCc1oc2ccccc2c1C(=O)N(C)Cc1ccc2c(Br)c(OCc3nn[nH]n3)ccc2c1. The molecule has 1 N–H and O–H groups in total. The van der Waals surface area contributed by atoms with Gasteiger partial charge < -0.3 is 14.1 Å². The molecule has 0 saturated heterocycles. The molecule has 0 aliphatic carbocycles. The van der Waals surface area contributed by atoms with Crippen LogP contribution in [0.2, 0.25) is 0 Å². The maximum Gasteiger partial charge on any atom is 0.258 e. The Labute approximate surface area is 216 Å². The summed E-state index contributed by atoms with van der Waals surface area (Å²) in [5.41, 5.74) is 2.47. The van der Waals surface area contributed by atoms with Crippen molar-refractivity contribution in [3.63, 3.8) is 0 Å². The van der Waals surface area contributed by atoms with E-state index in [-0.39, 0.29) is 12.5 Å². The molecule has 3 aromatic carbocycles. The number of benzene rings is 3. The number of furan rings is 1. The largest absolute Gasteiger partial charge is 0.484 e. The number of carbonyl (C=O) groups is 1. The molecule has 0 radical (unpaired) electrons. The lowest BCUT2D eigenvalue weighted by Crippen LogP contribution is -2.26. The van der Waals surface area contributed by atoms with Crippen molar-refractivity contribution in [3.05, 3.63) is 81.8 Å². The summed E-state index contributed by atoms with van der Waals surface area (Å²) in [7, 11) is 1.84. The van der Waals surface area contributed by atoms with Gasteiger partial charge in [0.15, 0.2) is 6.61 Å². The van der Waals surface area contributed by atoms with Crippen LogP contribution in [-0.2, 0) is 19.6 Å². The molecule has 8 nitrogen and oxygen atoms in total.